The SMILES string of the molecule is CCOC(=O)[C@@H]1CC[C@@H](Nc2nnc(-c3ccc(C#N)cc3O)c3ccccc23)CN1C(=O)OC(C)(C)C. The Bertz CT molecular complexity index is 1390. The summed E-state index contributed by atoms with van der Waals surface area (Å²) >= 11 is 0. The number of aromatic hydroxyl groups is 1. The van der Waals surface area contributed by atoms with Gasteiger partial charge in [-0.2, -0.15) is 5.26 Å². The van der Waals surface area contributed by atoms with Gasteiger partial charge in [-0.1, -0.05) is 24.3 Å². The number of likely N-dealkylation sites (tertiary alicyclic amines) is 1. The number of esters is 1. The van der Waals surface area contributed by atoms with E-state index in [0.717, 1.165) is 10.8 Å². The highest BCUT2D eigenvalue weighted by Gasteiger charge is 2.39. The van der Waals surface area contributed by atoms with Crippen molar-refractivity contribution in [2.24, 2.45) is 0 Å². The zero-order valence-electron chi connectivity index (χ0n) is 21.9. The average Bonchev–Trinajstić information content (AvgIpc) is 2.88. The Hall–Kier alpha value is -4.39. The van der Waals surface area contributed by atoms with Crippen molar-refractivity contribution in [2.45, 2.75) is 58.2 Å². The first-order chi connectivity index (χ1) is 18.1. The maximum atomic E-state index is 13.0. The lowest BCUT2D eigenvalue weighted by Gasteiger charge is -2.39. The Balaban J connectivity index is 1.63. The smallest absolute Gasteiger partial charge is 0.411 e. The summed E-state index contributed by atoms with van der Waals surface area (Å²) in [5, 5.41) is 33.4. The molecule has 1 amide bonds. The first-order valence-electron chi connectivity index (χ1n) is 12.5. The molecule has 0 aliphatic carbocycles. The van der Waals surface area contributed by atoms with E-state index in [2.05, 4.69) is 15.5 Å². The maximum absolute atomic E-state index is 13.0. The van der Waals surface area contributed by atoms with Crippen LogP contribution in [-0.2, 0) is 14.3 Å². The number of hydrogen-bond acceptors (Lipinski definition) is 9. The molecule has 1 saturated heterocycles. The molecule has 0 saturated carbocycles. The largest absolute Gasteiger partial charge is 0.507 e. The van der Waals surface area contributed by atoms with Gasteiger partial charge in [-0.3, -0.25) is 4.90 Å². The highest BCUT2D eigenvalue weighted by Crippen LogP contribution is 2.35. The molecule has 2 heterocycles. The van der Waals surface area contributed by atoms with E-state index in [0.29, 0.717) is 35.5 Å². The Kier molecular flexibility index (Phi) is 7.67. The number of phenolic OH excluding ortho intramolecular Hbond substituents is 1. The van der Waals surface area contributed by atoms with E-state index in [1.807, 2.05) is 30.3 Å². The Morgan fingerprint density at radius 2 is 1.89 bits per heavy atom. The van der Waals surface area contributed by atoms with Gasteiger partial charge in [0.1, 0.15) is 23.1 Å². The standard InChI is InChI=1S/C28H31N5O5/c1-5-37-26(35)22-13-11-18(16-33(22)27(36)38-28(2,3)4)30-25-20-9-7-6-8-19(20)24(31-32-25)21-12-10-17(15-29)14-23(21)34/h6-10,12,14,18,22,34H,5,11,13,16H2,1-4H3,(H,30,32)/t18-,22+/m1/s1. The van der Waals surface area contributed by atoms with Gasteiger partial charge in [0, 0.05) is 28.9 Å². The zero-order chi connectivity index (χ0) is 27.4. The summed E-state index contributed by atoms with van der Waals surface area (Å²) in [6.45, 7) is 7.50. The van der Waals surface area contributed by atoms with Gasteiger partial charge in [0.2, 0.25) is 0 Å². The fourth-order valence-electron chi connectivity index (χ4n) is 4.50. The molecule has 4 rings (SSSR count). The fourth-order valence-corrected chi connectivity index (χ4v) is 4.50. The van der Waals surface area contributed by atoms with Crippen molar-refractivity contribution in [3.05, 3.63) is 48.0 Å². The number of benzene rings is 2. The molecule has 2 atom stereocenters. The summed E-state index contributed by atoms with van der Waals surface area (Å²) in [4.78, 5) is 27.0. The van der Waals surface area contributed by atoms with E-state index in [1.54, 1.807) is 39.8 Å². The number of carbonyl (C=O) groups excluding carboxylic acids is 2. The van der Waals surface area contributed by atoms with Crippen LogP contribution in [0.25, 0.3) is 22.0 Å². The lowest BCUT2D eigenvalue weighted by molar-refractivity contribution is -0.150. The number of phenols is 1. The van der Waals surface area contributed by atoms with Crippen molar-refractivity contribution in [2.75, 3.05) is 18.5 Å². The van der Waals surface area contributed by atoms with E-state index in [4.69, 9.17) is 14.7 Å². The highest BCUT2D eigenvalue weighted by atomic mass is 16.6. The second kappa shape index (κ2) is 10.9. The molecular formula is C28H31N5O5. The number of nitrogens with one attached hydrogen (secondary N) is 1. The summed E-state index contributed by atoms with van der Waals surface area (Å²) in [6.07, 6.45) is 0.416. The van der Waals surface area contributed by atoms with Gasteiger partial charge in [0.25, 0.3) is 0 Å². The lowest BCUT2D eigenvalue weighted by atomic mass is 9.98. The van der Waals surface area contributed by atoms with Crippen LogP contribution in [0.15, 0.2) is 42.5 Å². The quantitative estimate of drug-likeness (QED) is 0.464. The number of carbonyl (C=O) groups is 2. The third kappa shape index (κ3) is 5.78. The number of amides is 1. The molecule has 10 heteroatoms. The fraction of sp³-hybridized carbons (Fsp3) is 0.393. The van der Waals surface area contributed by atoms with Crippen LogP contribution in [0.2, 0.25) is 0 Å². The number of piperidine rings is 1. The van der Waals surface area contributed by atoms with Gasteiger partial charge in [-0.05, 0) is 58.7 Å². The first-order valence-corrected chi connectivity index (χ1v) is 12.5. The van der Waals surface area contributed by atoms with Gasteiger partial charge in [-0.15, -0.1) is 10.2 Å². The van der Waals surface area contributed by atoms with E-state index in [1.165, 1.54) is 11.0 Å². The van der Waals surface area contributed by atoms with Gasteiger partial charge in [0.05, 0.1) is 18.2 Å². The van der Waals surface area contributed by atoms with Gasteiger partial charge >= 0.3 is 12.1 Å². The summed E-state index contributed by atoms with van der Waals surface area (Å²) in [6, 6.07) is 13.2. The zero-order valence-corrected chi connectivity index (χ0v) is 21.9. The monoisotopic (exact) mass is 517 g/mol. The van der Waals surface area contributed by atoms with Crippen molar-refractivity contribution in [3.63, 3.8) is 0 Å². The highest BCUT2D eigenvalue weighted by molar-refractivity contribution is 6.01. The van der Waals surface area contributed by atoms with Crippen LogP contribution >= 0.6 is 0 Å². The molecule has 0 bridgehead atoms. The van der Waals surface area contributed by atoms with Crippen LogP contribution < -0.4 is 5.32 Å². The second-order valence-corrected chi connectivity index (χ2v) is 10.1. The van der Waals surface area contributed by atoms with Crippen molar-refractivity contribution in [1.29, 1.82) is 5.26 Å². The van der Waals surface area contributed by atoms with Crippen LogP contribution in [0.4, 0.5) is 10.6 Å². The summed E-state index contributed by atoms with van der Waals surface area (Å²) in [7, 11) is 0. The van der Waals surface area contributed by atoms with Crippen molar-refractivity contribution >= 4 is 28.7 Å². The molecule has 10 nitrogen and oxygen atoms in total. The lowest BCUT2D eigenvalue weighted by Crippen LogP contribution is -2.55. The summed E-state index contributed by atoms with van der Waals surface area (Å²) in [5.41, 5.74) is 0.570. The molecule has 2 aromatic carbocycles. The Morgan fingerprint density at radius 3 is 2.55 bits per heavy atom. The molecule has 1 aromatic heterocycles. The van der Waals surface area contributed by atoms with Crippen molar-refractivity contribution in [1.82, 2.24) is 15.1 Å². The summed E-state index contributed by atoms with van der Waals surface area (Å²) in [5.74, 6) is 0.00402. The molecule has 1 aliphatic rings. The number of anilines is 1. The van der Waals surface area contributed by atoms with E-state index >= 15 is 0 Å². The molecule has 38 heavy (non-hydrogen) atoms. The molecular weight excluding hydrogens is 486 g/mol. The molecule has 1 aliphatic heterocycles. The first kappa shape index (κ1) is 26.7. The minimum absolute atomic E-state index is 0.0606. The van der Waals surface area contributed by atoms with Crippen LogP contribution in [0.1, 0.15) is 46.1 Å². The van der Waals surface area contributed by atoms with Crippen LogP contribution in [-0.4, -0.2) is 63.1 Å². The number of rotatable bonds is 5. The molecule has 1 fully saturated rings. The molecule has 2 N–H and O–H groups in total. The normalized spacial score (nSPS) is 17.5. The summed E-state index contributed by atoms with van der Waals surface area (Å²) < 4.78 is 10.8. The van der Waals surface area contributed by atoms with Gasteiger partial charge in [-0.25, -0.2) is 9.59 Å². The number of ether oxygens (including phenoxy) is 2. The third-order valence-electron chi connectivity index (χ3n) is 6.18. The van der Waals surface area contributed by atoms with Crippen LogP contribution in [0.5, 0.6) is 5.75 Å². The van der Waals surface area contributed by atoms with Crippen molar-refractivity contribution in [3.8, 4) is 23.1 Å². The number of fused-ring (bicyclic) bond motifs is 1. The predicted molar refractivity (Wildman–Crippen MR) is 141 cm³/mol. The molecule has 0 radical (unpaired) electrons. The van der Waals surface area contributed by atoms with E-state index < -0.39 is 23.7 Å². The van der Waals surface area contributed by atoms with E-state index in [-0.39, 0.29) is 24.9 Å². The molecule has 0 spiro atoms. The van der Waals surface area contributed by atoms with Crippen LogP contribution in [0, 0.1) is 11.3 Å². The minimum Gasteiger partial charge on any atom is -0.507 e. The molecule has 3 aromatic rings. The number of hydrogen-bond donors (Lipinski definition) is 2. The topological polar surface area (TPSA) is 138 Å². The van der Waals surface area contributed by atoms with Crippen molar-refractivity contribution < 1.29 is 24.2 Å². The van der Waals surface area contributed by atoms with Crippen LogP contribution in [0.3, 0.4) is 0 Å². The Morgan fingerprint density at radius 1 is 1.16 bits per heavy atom. The Labute approximate surface area is 221 Å². The number of nitrogens with zero attached hydrogens (tertiary/aromatic N) is 4. The molecule has 0 unspecified atom stereocenters. The minimum atomic E-state index is -0.729. The second-order valence-electron chi connectivity index (χ2n) is 10.1. The third-order valence-corrected chi connectivity index (χ3v) is 6.18. The molecule has 198 valence electrons. The number of nitriles is 1. The van der Waals surface area contributed by atoms with Gasteiger partial charge in [0.15, 0.2) is 5.82 Å². The predicted octanol–water partition coefficient (Wildman–Crippen LogP) is 4.62. The number of aromatic nitrogens is 2. The van der Waals surface area contributed by atoms with Gasteiger partial charge < -0.3 is 19.9 Å². The maximum Gasteiger partial charge on any atom is 0.411 e. The average molecular weight is 518 g/mol. The van der Waals surface area contributed by atoms with E-state index in [9.17, 15) is 14.7 Å².